The average Bonchev–Trinajstić information content (AvgIpc) is 2.09. The van der Waals surface area contributed by atoms with E-state index in [1.165, 1.54) is 0 Å². The molecule has 1 aliphatic rings. The Balaban J connectivity index is 2.87. The van der Waals surface area contributed by atoms with Crippen LogP contribution in [-0.2, 0) is 9.84 Å². The van der Waals surface area contributed by atoms with E-state index in [4.69, 9.17) is 0 Å². The second kappa shape index (κ2) is 3.56. The molecule has 1 fully saturated rings. The molecule has 0 aliphatic carbocycles. The molecular formula is C9H17FO2S. The highest BCUT2D eigenvalue weighted by molar-refractivity contribution is 7.91. The summed E-state index contributed by atoms with van der Waals surface area (Å²) < 4.78 is 36.6. The van der Waals surface area contributed by atoms with Crippen molar-refractivity contribution in [3.63, 3.8) is 0 Å². The summed E-state index contributed by atoms with van der Waals surface area (Å²) in [6, 6.07) is 0. The summed E-state index contributed by atoms with van der Waals surface area (Å²) in [5.74, 6) is 0.0583. The fourth-order valence-electron chi connectivity index (χ4n) is 1.88. The molecule has 1 heterocycles. The van der Waals surface area contributed by atoms with Gasteiger partial charge in [-0.1, -0.05) is 13.8 Å². The van der Waals surface area contributed by atoms with E-state index in [0.717, 1.165) is 0 Å². The van der Waals surface area contributed by atoms with Crippen LogP contribution >= 0.6 is 0 Å². The van der Waals surface area contributed by atoms with E-state index < -0.39 is 15.5 Å². The average molecular weight is 208 g/mol. The van der Waals surface area contributed by atoms with Crippen molar-refractivity contribution < 1.29 is 12.8 Å². The molecule has 1 saturated heterocycles. The van der Waals surface area contributed by atoms with Crippen LogP contribution in [0.1, 0.15) is 33.1 Å². The van der Waals surface area contributed by atoms with Crippen LogP contribution in [0.5, 0.6) is 0 Å². The second-order valence-electron chi connectivity index (χ2n) is 4.19. The molecule has 1 rings (SSSR count). The smallest absolute Gasteiger partial charge is 0.153 e. The Morgan fingerprint density at radius 2 is 2.15 bits per heavy atom. The summed E-state index contributed by atoms with van der Waals surface area (Å²) in [7, 11) is -3.15. The molecule has 0 aromatic rings. The summed E-state index contributed by atoms with van der Waals surface area (Å²) in [4.78, 5) is 0. The van der Waals surface area contributed by atoms with Crippen molar-refractivity contribution >= 4 is 9.84 Å². The Morgan fingerprint density at radius 1 is 1.54 bits per heavy atom. The van der Waals surface area contributed by atoms with Gasteiger partial charge in [-0.05, 0) is 25.2 Å². The van der Waals surface area contributed by atoms with E-state index in [0.29, 0.717) is 19.3 Å². The fourth-order valence-corrected chi connectivity index (χ4v) is 3.89. The number of hydrogen-bond acceptors (Lipinski definition) is 2. The highest BCUT2D eigenvalue weighted by atomic mass is 32.2. The van der Waals surface area contributed by atoms with Crippen molar-refractivity contribution in [2.45, 2.75) is 38.8 Å². The summed E-state index contributed by atoms with van der Waals surface area (Å²) in [5, 5.41) is 0. The lowest BCUT2D eigenvalue weighted by Gasteiger charge is -2.22. The molecule has 1 aliphatic heterocycles. The predicted molar refractivity (Wildman–Crippen MR) is 51.2 cm³/mol. The SMILES string of the molecule is CCC1(F)CC(C)CCS(=O)(=O)C1. The maximum atomic E-state index is 13.9. The van der Waals surface area contributed by atoms with E-state index in [1.807, 2.05) is 6.92 Å². The Hall–Kier alpha value is -0.120. The topological polar surface area (TPSA) is 34.1 Å². The molecule has 0 saturated carbocycles. The molecular weight excluding hydrogens is 191 g/mol. The van der Waals surface area contributed by atoms with Crippen LogP contribution < -0.4 is 0 Å². The Morgan fingerprint density at radius 3 is 2.69 bits per heavy atom. The lowest BCUT2D eigenvalue weighted by molar-refractivity contribution is 0.150. The highest BCUT2D eigenvalue weighted by Gasteiger charge is 2.38. The van der Waals surface area contributed by atoms with E-state index in [9.17, 15) is 12.8 Å². The molecule has 0 bridgehead atoms. The van der Waals surface area contributed by atoms with E-state index in [1.54, 1.807) is 6.92 Å². The molecule has 0 aromatic heterocycles. The van der Waals surface area contributed by atoms with Crippen molar-refractivity contribution in [3.8, 4) is 0 Å². The normalized spacial score (nSPS) is 39.8. The first-order chi connectivity index (χ1) is 5.87. The van der Waals surface area contributed by atoms with Crippen LogP contribution in [0.4, 0.5) is 4.39 Å². The van der Waals surface area contributed by atoms with Crippen LogP contribution in [0.3, 0.4) is 0 Å². The lowest BCUT2D eigenvalue weighted by atomic mass is 9.91. The van der Waals surface area contributed by atoms with Crippen molar-refractivity contribution in [2.75, 3.05) is 11.5 Å². The molecule has 78 valence electrons. The van der Waals surface area contributed by atoms with Gasteiger partial charge in [-0.15, -0.1) is 0 Å². The number of rotatable bonds is 1. The number of halogens is 1. The molecule has 0 amide bonds. The van der Waals surface area contributed by atoms with Gasteiger partial charge in [0.05, 0.1) is 11.5 Å². The van der Waals surface area contributed by atoms with Gasteiger partial charge in [0.2, 0.25) is 0 Å². The minimum Gasteiger partial charge on any atom is -0.243 e. The summed E-state index contributed by atoms with van der Waals surface area (Å²) in [6.45, 7) is 3.64. The minimum absolute atomic E-state index is 0.153. The Bertz CT molecular complexity index is 273. The van der Waals surface area contributed by atoms with Crippen molar-refractivity contribution in [3.05, 3.63) is 0 Å². The van der Waals surface area contributed by atoms with Crippen LogP contribution in [0.25, 0.3) is 0 Å². The standard InChI is InChI=1S/C9H17FO2S/c1-3-9(10)6-8(2)4-5-13(11,12)7-9/h8H,3-7H2,1-2H3. The second-order valence-corrected chi connectivity index (χ2v) is 6.38. The first-order valence-electron chi connectivity index (χ1n) is 4.76. The van der Waals surface area contributed by atoms with Crippen molar-refractivity contribution in [1.82, 2.24) is 0 Å². The van der Waals surface area contributed by atoms with Gasteiger partial charge >= 0.3 is 0 Å². The molecule has 13 heavy (non-hydrogen) atoms. The summed E-state index contributed by atoms with van der Waals surface area (Å²) in [6.07, 6.45) is 1.30. The zero-order valence-electron chi connectivity index (χ0n) is 8.22. The summed E-state index contributed by atoms with van der Waals surface area (Å²) >= 11 is 0. The zero-order chi connectivity index (χ0) is 10.1. The van der Waals surface area contributed by atoms with Crippen LogP contribution in [0.15, 0.2) is 0 Å². The first kappa shape index (κ1) is 11.0. The largest absolute Gasteiger partial charge is 0.243 e. The van der Waals surface area contributed by atoms with Crippen LogP contribution in [0, 0.1) is 5.92 Å². The monoisotopic (exact) mass is 208 g/mol. The molecule has 0 spiro atoms. The molecule has 0 aromatic carbocycles. The highest BCUT2D eigenvalue weighted by Crippen LogP contribution is 2.32. The zero-order valence-corrected chi connectivity index (χ0v) is 9.03. The third-order valence-electron chi connectivity index (χ3n) is 2.75. The maximum absolute atomic E-state index is 13.9. The van der Waals surface area contributed by atoms with Gasteiger partial charge in [0, 0.05) is 0 Å². The first-order valence-corrected chi connectivity index (χ1v) is 6.58. The van der Waals surface area contributed by atoms with Gasteiger partial charge in [-0.2, -0.15) is 0 Å². The predicted octanol–water partition coefficient (Wildman–Crippen LogP) is 1.95. The van der Waals surface area contributed by atoms with Gasteiger partial charge in [0.25, 0.3) is 0 Å². The number of hydrogen-bond donors (Lipinski definition) is 0. The Labute approximate surface area is 79.4 Å². The molecule has 2 nitrogen and oxygen atoms in total. The molecule has 4 heteroatoms. The number of alkyl halides is 1. The van der Waals surface area contributed by atoms with Crippen LogP contribution in [0.2, 0.25) is 0 Å². The van der Waals surface area contributed by atoms with E-state index in [-0.39, 0.29) is 17.4 Å². The van der Waals surface area contributed by atoms with Crippen LogP contribution in [-0.4, -0.2) is 25.6 Å². The minimum atomic E-state index is -3.15. The van der Waals surface area contributed by atoms with Gasteiger partial charge in [0.1, 0.15) is 5.67 Å². The van der Waals surface area contributed by atoms with E-state index >= 15 is 0 Å². The van der Waals surface area contributed by atoms with Gasteiger partial charge in [-0.25, -0.2) is 12.8 Å². The van der Waals surface area contributed by atoms with E-state index in [2.05, 4.69) is 0 Å². The lowest BCUT2D eigenvalue weighted by Crippen LogP contribution is -2.31. The van der Waals surface area contributed by atoms with Crippen molar-refractivity contribution in [1.29, 1.82) is 0 Å². The molecule has 0 N–H and O–H groups in total. The maximum Gasteiger partial charge on any atom is 0.153 e. The quantitative estimate of drug-likeness (QED) is 0.660. The van der Waals surface area contributed by atoms with Gasteiger partial charge < -0.3 is 0 Å². The molecule has 2 unspecified atom stereocenters. The van der Waals surface area contributed by atoms with Gasteiger partial charge in [0.15, 0.2) is 9.84 Å². The molecule has 2 atom stereocenters. The van der Waals surface area contributed by atoms with Gasteiger partial charge in [-0.3, -0.25) is 0 Å². The molecule has 0 radical (unpaired) electrons. The Kier molecular flexibility index (Phi) is 3.00. The third-order valence-corrected chi connectivity index (χ3v) is 4.56. The third kappa shape index (κ3) is 2.93. The number of sulfone groups is 1. The summed E-state index contributed by atoms with van der Waals surface area (Å²) in [5.41, 5.74) is -1.48. The van der Waals surface area contributed by atoms with Crippen molar-refractivity contribution in [2.24, 2.45) is 5.92 Å². The fraction of sp³-hybridized carbons (Fsp3) is 1.00.